The Bertz CT molecular complexity index is 791. The van der Waals surface area contributed by atoms with E-state index in [-0.39, 0.29) is 22.9 Å². The van der Waals surface area contributed by atoms with Crippen molar-refractivity contribution in [1.82, 2.24) is 10.9 Å². The SMILES string of the molecule is COc1cc([N+](=O)[O-])ccc1NC(=O)NNC(=O)c1ccc(Br)o1. The number of nitrogens with zero attached hydrogens (tertiary/aromatic N) is 1. The number of anilines is 1. The van der Waals surface area contributed by atoms with Gasteiger partial charge in [0.1, 0.15) is 5.75 Å². The maximum Gasteiger partial charge on any atom is 0.338 e. The Labute approximate surface area is 143 Å². The van der Waals surface area contributed by atoms with Gasteiger partial charge in [-0.3, -0.25) is 20.3 Å². The van der Waals surface area contributed by atoms with Crippen molar-refractivity contribution in [2.45, 2.75) is 0 Å². The number of benzene rings is 1. The monoisotopic (exact) mass is 398 g/mol. The maximum absolute atomic E-state index is 11.8. The number of carbonyl (C=O) groups is 2. The summed E-state index contributed by atoms with van der Waals surface area (Å²) in [5.41, 5.74) is 4.25. The number of carbonyl (C=O) groups excluding carboxylic acids is 2. The van der Waals surface area contributed by atoms with Crippen molar-refractivity contribution in [3.63, 3.8) is 0 Å². The molecule has 3 amide bonds. The number of nitro groups is 1. The second-order valence-corrected chi connectivity index (χ2v) is 5.06. The second kappa shape index (κ2) is 7.46. The summed E-state index contributed by atoms with van der Waals surface area (Å²) < 4.78 is 10.4. The highest BCUT2D eigenvalue weighted by molar-refractivity contribution is 9.10. The predicted molar refractivity (Wildman–Crippen MR) is 85.7 cm³/mol. The normalized spacial score (nSPS) is 9.92. The number of hydrogen-bond acceptors (Lipinski definition) is 6. The molecule has 2 aromatic rings. The number of nitro benzene ring substituents is 1. The minimum atomic E-state index is -0.777. The largest absolute Gasteiger partial charge is 0.494 e. The van der Waals surface area contributed by atoms with Gasteiger partial charge in [0.25, 0.3) is 5.69 Å². The van der Waals surface area contributed by atoms with E-state index in [1.165, 1.54) is 31.4 Å². The highest BCUT2D eigenvalue weighted by atomic mass is 79.9. The van der Waals surface area contributed by atoms with E-state index in [0.29, 0.717) is 4.67 Å². The molecule has 1 heterocycles. The number of non-ortho nitro benzene ring substituents is 1. The maximum atomic E-state index is 11.8. The minimum absolute atomic E-state index is 0.00454. The molecule has 0 aliphatic heterocycles. The summed E-state index contributed by atoms with van der Waals surface area (Å²) in [7, 11) is 1.30. The van der Waals surface area contributed by atoms with Gasteiger partial charge in [-0.1, -0.05) is 0 Å². The third-order valence-electron chi connectivity index (χ3n) is 2.73. The zero-order chi connectivity index (χ0) is 17.7. The molecule has 0 saturated carbocycles. The fourth-order valence-corrected chi connectivity index (χ4v) is 1.97. The van der Waals surface area contributed by atoms with Crippen LogP contribution in [0.3, 0.4) is 0 Å². The molecule has 1 aromatic carbocycles. The van der Waals surface area contributed by atoms with Crippen LogP contribution in [-0.4, -0.2) is 24.0 Å². The van der Waals surface area contributed by atoms with Gasteiger partial charge in [-0.2, -0.15) is 0 Å². The molecule has 0 radical (unpaired) electrons. The van der Waals surface area contributed by atoms with Crippen LogP contribution in [0.15, 0.2) is 39.4 Å². The van der Waals surface area contributed by atoms with Crippen LogP contribution >= 0.6 is 15.9 Å². The molecule has 0 unspecified atom stereocenters. The van der Waals surface area contributed by atoms with Gasteiger partial charge in [0, 0.05) is 6.07 Å². The van der Waals surface area contributed by atoms with Crippen LogP contribution in [0.5, 0.6) is 5.75 Å². The average molecular weight is 399 g/mol. The quantitative estimate of drug-likeness (QED) is 0.534. The van der Waals surface area contributed by atoms with Crippen LogP contribution in [0, 0.1) is 10.1 Å². The van der Waals surface area contributed by atoms with Gasteiger partial charge in [0.05, 0.1) is 23.8 Å². The Hall–Kier alpha value is -3.08. The Balaban J connectivity index is 1.97. The fourth-order valence-electron chi connectivity index (χ4n) is 1.66. The van der Waals surface area contributed by atoms with E-state index in [9.17, 15) is 19.7 Å². The summed E-state index contributed by atoms with van der Waals surface area (Å²) in [6.07, 6.45) is 0. The number of amides is 3. The highest BCUT2D eigenvalue weighted by Gasteiger charge is 2.15. The van der Waals surface area contributed by atoms with Gasteiger partial charge in [0.15, 0.2) is 10.4 Å². The average Bonchev–Trinajstić information content (AvgIpc) is 2.99. The van der Waals surface area contributed by atoms with Gasteiger partial charge in [-0.05, 0) is 34.1 Å². The second-order valence-electron chi connectivity index (χ2n) is 4.28. The Morgan fingerprint density at radius 3 is 2.58 bits per heavy atom. The van der Waals surface area contributed by atoms with E-state index in [1.807, 2.05) is 0 Å². The van der Waals surface area contributed by atoms with Gasteiger partial charge in [-0.25, -0.2) is 10.2 Å². The molecular weight excluding hydrogens is 388 g/mol. The molecule has 0 atom stereocenters. The molecule has 11 heteroatoms. The predicted octanol–water partition coefficient (Wildman–Crippen LogP) is 2.43. The lowest BCUT2D eigenvalue weighted by Gasteiger charge is -2.11. The number of halogens is 1. The van der Waals surface area contributed by atoms with Crippen molar-refractivity contribution in [3.05, 3.63) is 50.9 Å². The molecule has 126 valence electrons. The Morgan fingerprint density at radius 2 is 2.00 bits per heavy atom. The number of methoxy groups -OCH3 is 1. The molecule has 10 nitrogen and oxygen atoms in total. The number of rotatable bonds is 4. The van der Waals surface area contributed by atoms with Gasteiger partial charge in [-0.15, -0.1) is 0 Å². The lowest BCUT2D eigenvalue weighted by atomic mass is 10.2. The summed E-state index contributed by atoms with van der Waals surface area (Å²) in [6, 6.07) is 5.84. The standard InChI is InChI=1S/C13H11BrN4O6/c1-23-10-6-7(18(21)22)2-3-8(10)15-13(20)17-16-12(19)9-4-5-11(14)24-9/h2-6H,1H3,(H,16,19)(H2,15,17,20). The molecule has 0 bridgehead atoms. The van der Waals surface area contributed by atoms with Crippen molar-refractivity contribution >= 4 is 39.2 Å². The van der Waals surface area contributed by atoms with E-state index in [4.69, 9.17) is 9.15 Å². The zero-order valence-corrected chi connectivity index (χ0v) is 13.7. The van der Waals surface area contributed by atoms with E-state index < -0.39 is 16.9 Å². The van der Waals surface area contributed by atoms with E-state index in [0.717, 1.165) is 6.07 Å². The Kier molecular flexibility index (Phi) is 5.37. The first-order chi connectivity index (χ1) is 11.4. The first-order valence-corrected chi connectivity index (χ1v) is 7.15. The molecule has 0 spiro atoms. The number of hydrogen-bond donors (Lipinski definition) is 3. The highest BCUT2D eigenvalue weighted by Crippen LogP contribution is 2.28. The minimum Gasteiger partial charge on any atom is -0.494 e. The van der Waals surface area contributed by atoms with Crippen LogP contribution in [0.4, 0.5) is 16.2 Å². The van der Waals surface area contributed by atoms with Crippen molar-refractivity contribution < 1.29 is 23.7 Å². The number of nitrogens with one attached hydrogen (secondary N) is 3. The lowest BCUT2D eigenvalue weighted by molar-refractivity contribution is -0.384. The number of urea groups is 1. The third-order valence-corrected chi connectivity index (χ3v) is 3.16. The van der Waals surface area contributed by atoms with Crippen LogP contribution in [-0.2, 0) is 0 Å². The molecular formula is C13H11BrN4O6. The molecule has 2 rings (SSSR count). The summed E-state index contributed by atoms with van der Waals surface area (Å²) in [4.78, 5) is 33.6. The molecule has 3 N–H and O–H groups in total. The van der Waals surface area contributed by atoms with Gasteiger partial charge in [0.2, 0.25) is 0 Å². The van der Waals surface area contributed by atoms with Crippen molar-refractivity contribution in [2.75, 3.05) is 12.4 Å². The third kappa shape index (κ3) is 4.23. The topological polar surface area (TPSA) is 136 Å². The van der Waals surface area contributed by atoms with E-state index in [2.05, 4.69) is 32.1 Å². The zero-order valence-electron chi connectivity index (χ0n) is 12.2. The number of hydrazine groups is 1. The van der Waals surface area contributed by atoms with Gasteiger partial charge < -0.3 is 14.5 Å². The van der Waals surface area contributed by atoms with Crippen LogP contribution in [0.1, 0.15) is 10.6 Å². The van der Waals surface area contributed by atoms with Crippen LogP contribution < -0.4 is 20.9 Å². The van der Waals surface area contributed by atoms with Crippen LogP contribution in [0.2, 0.25) is 0 Å². The smallest absolute Gasteiger partial charge is 0.338 e. The molecule has 1 aromatic heterocycles. The van der Waals surface area contributed by atoms with Crippen molar-refractivity contribution in [1.29, 1.82) is 0 Å². The summed E-state index contributed by atoms with van der Waals surface area (Å²) >= 11 is 3.05. The molecule has 0 saturated heterocycles. The van der Waals surface area contributed by atoms with Crippen molar-refractivity contribution in [2.24, 2.45) is 0 Å². The summed E-state index contributed by atoms with van der Waals surface area (Å²) in [5.74, 6) is -0.567. The lowest BCUT2D eigenvalue weighted by Crippen LogP contribution is -2.43. The molecule has 24 heavy (non-hydrogen) atoms. The first-order valence-electron chi connectivity index (χ1n) is 6.36. The number of ether oxygens (including phenoxy) is 1. The van der Waals surface area contributed by atoms with Crippen molar-refractivity contribution in [3.8, 4) is 5.75 Å². The molecule has 0 aliphatic rings. The number of furan rings is 1. The van der Waals surface area contributed by atoms with Gasteiger partial charge >= 0.3 is 11.9 Å². The van der Waals surface area contributed by atoms with E-state index in [1.54, 1.807) is 0 Å². The molecule has 0 aliphatic carbocycles. The van der Waals surface area contributed by atoms with Crippen LogP contribution in [0.25, 0.3) is 0 Å². The summed E-state index contributed by atoms with van der Waals surface area (Å²) in [5, 5.41) is 13.1. The van der Waals surface area contributed by atoms with E-state index >= 15 is 0 Å². The Morgan fingerprint density at radius 1 is 1.25 bits per heavy atom. The first kappa shape index (κ1) is 17.3. The molecule has 0 fully saturated rings. The fraction of sp³-hybridized carbons (Fsp3) is 0.0769. The summed E-state index contributed by atoms with van der Waals surface area (Å²) in [6.45, 7) is 0.